The standard InChI is InChI=1S/C25H17ClFN3O4/c1-30(18-7-3-16(26)4-8-18)19-13-28-24(29-14-19)23(31)15-2-11-22(21(12-15)25(32)33)34-20-9-5-17(27)6-10-20/h2-14H,1H3,(H,32,33). The van der Waals surface area contributed by atoms with Crippen molar-refractivity contribution in [2.45, 2.75) is 0 Å². The van der Waals surface area contributed by atoms with Crippen LogP contribution in [0.2, 0.25) is 5.02 Å². The molecule has 0 saturated carbocycles. The highest BCUT2D eigenvalue weighted by molar-refractivity contribution is 6.30. The topological polar surface area (TPSA) is 92.6 Å². The molecule has 0 amide bonds. The van der Waals surface area contributed by atoms with Crippen molar-refractivity contribution in [2.75, 3.05) is 11.9 Å². The van der Waals surface area contributed by atoms with Gasteiger partial charge in [-0.25, -0.2) is 19.2 Å². The van der Waals surface area contributed by atoms with Gasteiger partial charge in [-0.05, 0) is 66.7 Å². The zero-order chi connectivity index (χ0) is 24.2. The van der Waals surface area contributed by atoms with Crippen molar-refractivity contribution in [3.05, 3.63) is 107 Å². The van der Waals surface area contributed by atoms with Crippen LogP contribution in [-0.2, 0) is 0 Å². The van der Waals surface area contributed by atoms with E-state index in [2.05, 4.69) is 9.97 Å². The molecule has 34 heavy (non-hydrogen) atoms. The number of carboxylic acid groups (broad SMARTS) is 1. The number of hydrogen-bond acceptors (Lipinski definition) is 6. The Kier molecular flexibility index (Phi) is 6.51. The van der Waals surface area contributed by atoms with Gasteiger partial charge in [0.25, 0.3) is 0 Å². The Morgan fingerprint density at radius 2 is 1.59 bits per heavy atom. The number of benzene rings is 3. The maximum Gasteiger partial charge on any atom is 0.339 e. The summed E-state index contributed by atoms with van der Waals surface area (Å²) in [4.78, 5) is 34.8. The number of ether oxygens (including phenoxy) is 1. The molecule has 0 bridgehead atoms. The summed E-state index contributed by atoms with van der Waals surface area (Å²) >= 11 is 5.92. The molecule has 170 valence electrons. The molecule has 0 spiro atoms. The second-order valence-corrected chi connectivity index (χ2v) is 7.64. The smallest absolute Gasteiger partial charge is 0.339 e. The number of carbonyl (C=O) groups excluding carboxylic acids is 1. The van der Waals surface area contributed by atoms with Gasteiger partial charge in [-0.3, -0.25) is 4.79 Å². The van der Waals surface area contributed by atoms with Gasteiger partial charge in [0.1, 0.15) is 22.9 Å². The normalized spacial score (nSPS) is 10.6. The highest BCUT2D eigenvalue weighted by atomic mass is 35.5. The van der Waals surface area contributed by atoms with Crippen molar-refractivity contribution >= 4 is 34.7 Å². The highest BCUT2D eigenvalue weighted by Gasteiger charge is 2.19. The first kappa shape index (κ1) is 22.9. The number of aromatic nitrogens is 2. The minimum Gasteiger partial charge on any atom is -0.478 e. The lowest BCUT2D eigenvalue weighted by Crippen LogP contribution is -2.13. The second-order valence-electron chi connectivity index (χ2n) is 7.20. The van der Waals surface area contributed by atoms with Crippen molar-refractivity contribution in [2.24, 2.45) is 0 Å². The van der Waals surface area contributed by atoms with Gasteiger partial charge in [0.05, 0.1) is 18.1 Å². The number of ketones is 1. The first-order valence-corrected chi connectivity index (χ1v) is 10.4. The molecule has 0 unspecified atom stereocenters. The van der Waals surface area contributed by atoms with Crippen LogP contribution in [0, 0.1) is 5.82 Å². The number of carboxylic acids is 1. The van der Waals surface area contributed by atoms with Crippen LogP contribution in [0.25, 0.3) is 0 Å². The summed E-state index contributed by atoms with van der Waals surface area (Å²) < 4.78 is 18.7. The predicted octanol–water partition coefficient (Wildman–Crippen LogP) is 5.76. The molecule has 0 radical (unpaired) electrons. The predicted molar refractivity (Wildman–Crippen MR) is 125 cm³/mol. The van der Waals surface area contributed by atoms with E-state index in [4.69, 9.17) is 16.3 Å². The Morgan fingerprint density at radius 1 is 0.941 bits per heavy atom. The van der Waals surface area contributed by atoms with E-state index in [0.717, 1.165) is 5.69 Å². The van der Waals surface area contributed by atoms with E-state index in [0.29, 0.717) is 10.7 Å². The fourth-order valence-electron chi connectivity index (χ4n) is 3.11. The largest absolute Gasteiger partial charge is 0.478 e. The van der Waals surface area contributed by atoms with Crippen LogP contribution in [-0.4, -0.2) is 33.9 Å². The van der Waals surface area contributed by atoms with Crippen molar-refractivity contribution in [3.63, 3.8) is 0 Å². The molecule has 3 aromatic carbocycles. The minimum atomic E-state index is -1.28. The van der Waals surface area contributed by atoms with Gasteiger partial charge in [0, 0.05) is 23.3 Å². The Morgan fingerprint density at radius 3 is 2.21 bits per heavy atom. The molecule has 0 fully saturated rings. The number of aromatic carboxylic acids is 1. The van der Waals surface area contributed by atoms with Crippen LogP contribution in [0.1, 0.15) is 26.5 Å². The number of anilines is 2. The average Bonchev–Trinajstić information content (AvgIpc) is 2.85. The van der Waals surface area contributed by atoms with E-state index in [1.54, 1.807) is 12.1 Å². The maximum atomic E-state index is 13.1. The third-order valence-corrected chi connectivity index (χ3v) is 5.21. The summed E-state index contributed by atoms with van der Waals surface area (Å²) in [6, 6.07) is 16.3. The molecule has 7 nitrogen and oxygen atoms in total. The van der Waals surface area contributed by atoms with Gasteiger partial charge >= 0.3 is 5.97 Å². The van der Waals surface area contributed by atoms with E-state index < -0.39 is 17.6 Å². The summed E-state index contributed by atoms with van der Waals surface area (Å²) in [7, 11) is 1.82. The molecular formula is C25H17ClFN3O4. The van der Waals surface area contributed by atoms with Crippen LogP contribution in [0.4, 0.5) is 15.8 Å². The van der Waals surface area contributed by atoms with Crippen LogP contribution in [0.3, 0.4) is 0 Å². The molecular weight excluding hydrogens is 461 g/mol. The number of carbonyl (C=O) groups is 2. The molecule has 0 atom stereocenters. The first-order valence-electron chi connectivity index (χ1n) is 9.98. The highest BCUT2D eigenvalue weighted by Crippen LogP contribution is 2.28. The van der Waals surface area contributed by atoms with Gasteiger partial charge < -0.3 is 14.7 Å². The fraction of sp³-hybridized carbons (Fsp3) is 0.0400. The summed E-state index contributed by atoms with van der Waals surface area (Å²) in [5.41, 5.74) is 1.36. The van der Waals surface area contributed by atoms with Crippen LogP contribution in [0.5, 0.6) is 11.5 Å². The van der Waals surface area contributed by atoms with E-state index in [1.165, 1.54) is 54.9 Å². The van der Waals surface area contributed by atoms with Crippen molar-refractivity contribution in [1.82, 2.24) is 9.97 Å². The molecule has 0 aliphatic rings. The summed E-state index contributed by atoms with van der Waals surface area (Å²) in [5.74, 6) is -2.10. The lowest BCUT2D eigenvalue weighted by Gasteiger charge is -2.18. The van der Waals surface area contributed by atoms with Crippen LogP contribution >= 0.6 is 11.6 Å². The van der Waals surface area contributed by atoms with Crippen molar-refractivity contribution in [3.8, 4) is 11.5 Å². The molecule has 1 N–H and O–H groups in total. The molecule has 1 aromatic heterocycles. The number of halogens is 2. The van der Waals surface area contributed by atoms with Crippen LogP contribution < -0.4 is 9.64 Å². The third-order valence-electron chi connectivity index (χ3n) is 4.96. The zero-order valence-corrected chi connectivity index (χ0v) is 18.5. The molecule has 0 aliphatic heterocycles. The first-order chi connectivity index (χ1) is 16.3. The number of nitrogens with zero attached hydrogens (tertiary/aromatic N) is 3. The second kappa shape index (κ2) is 9.68. The van der Waals surface area contributed by atoms with Gasteiger partial charge in [-0.15, -0.1) is 0 Å². The Bertz CT molecular complexity index is 1340. The van der Waals surface area contributed by atoms with Gasteiger partial charge in [-0.2, -0.15) is 0 Å². The number of hydrogen-bond donors (Lipinski definition) is 1. The average molecular weight is 478 g/mol. The lowest BCUT2D eigenvalue weighted by atomic mass is 10.1. The molecule has 4 aromatic rings. The fourth-order valence-corrected chi connectivity index (χ4v) is 3.24. The van der Waals surface area contributed by atoms with Crippen molar-refractivity contribution < 1.29 is 23.8 Å². The van der Waals surface area contributed by atoms with E-state index in [9.17, 15) is 19.1 Å². The Labute approximate surface area is 199 Å². The molecule has 1 heterocycles. The van der Waals surface area contributed by atoms with E-state index in [1.807, 2.05) is 24.1 Å². The molecule has 0 saturated heterocycles. The van der Waals surface area contributed by atoms with Crippen molar-refractivity contribution in [1.29, 1.82) is 0 Å². The summed E-state index contributed by atoms with van der Waals surface area (Å²) in [5, 5.41) is 10.2. The molecule has 9 heteroatoms. The summed E-state index contributed by atoms with van der Waals surface area (Å²) in [6.07, 6.45) is 3.00. The number of rotatable bonds is 7. The molecule has 4 rings (SSSR count). The monoisotopic (exact) mass is 477 g/mol. The Balaban J connectivity index is 1.56. The van der Waals surface area contributed by atoms with E-state index in [-0.39, 0.29) is 28.5 Å². The van der Waals surface area contributed by atoms with Gasteiger partial charge in [0.2, 0.25) is 11.6 Å². The van der Waals surface area contributed by atoms with Gasteiger partial charge in [-0.1, -0.05) is 11.6 Å². The summed E-state index contributed by atoms with van der Waals surface area (Å²) in [6.45, 7) is 0. The van der Waals surface area contributed by atoms with Gasteiger partial charge in [0.15, 0.2) is 0 Å². The van der Waals surface area contributed by atoms with Crippen LogP contribution in [0.15, 0.2) is 79.1 Å². The SMILES string of the molecule is CN(c1ccc(Cl)cc1)c1cnc(C(=O)c2ccc(Oc3ccc(F)cc3)c(C(=O)O)c2)nc1. The van der Waals surface area contributed by atoms with E-state index >= 15 is 0 Å². The molecule has 0 aliphatic carbocycles. The quantitative estimate of drug-likeness (QED) is 0.338. The Hall–Kier alpha value is -4.30. The zero-order valence-electron chi connectivity index (χ0n) is 17.8. The minimum absolute atomic E-state index is 0.0107. The third kappa shape index (κ3) is 5.02. The maximum absolute atomic E-state index is 13.1. The lowest BCUT2D eigenvalue weighted by molar-refractivity contribution is 0.0694.